The van der Waals surface area contributed by atoms with E-state index in [-0.39, 0.29) is 0 Å². The molecular weight excluding hydrogens is 242 g/mol. The van der Waals surface area contributed by atoms with Crippen LogP contribution in [0.2, 0.25) is 0 Å². The number of nitrogens with zero attached hydrogens (tertiary/aromatic N) is 1. The van der Waals surface area contributed by atoms with E-state index in [0.717, 1.165) is 6.42 Å². The fourth-order valence-electron chi connectivity index (χ4n) is 2.87. The molecule has 0 amide bonds. The van der Waals surface area contributed by atoms with E-state index in [2.05, 4.69) is 80.2 Å². The van der Waals surface area contributed by atoms with Crippen LogP contribution in [-0.2, 0) is 13.5 Å². The fourth-order valence-corrected chi connectivity index (χ4v) is 2.87. The molecule has 0 aliphatic heterocycles. The Bertz CT molecular complexity index is 772. The van der Waals surface area contributed by atoms with Crippen molar-refractivity contribution in [3.63, 3.8) is 0 Å². The summed E-state index contributed by atoms with van der Waals surface area (Å²) in [6, 6.07) is 17.5. The van der Waals surface area contributed by atoms with Crippen molar-refractivity contribution in [1.29, 1.82) is 0 Å². The Kier molecular flexibility index (Phi) is 3.27. The molecule has 0 unspecified atom stereocenters. The summed E-state index contributed by atoms with van der Waals surface area (Å²) in [6.07, 6.45) is 3.30. The van der Waals surface area contributed by atoms with E-state index in [4.69, 9.17) is 0 Å². The summed E-state index contributed by atoms with van der Waals surface area (Å²) in [5.41, 5.74) is 5.31. The Morgan fingerprint density at radius 2 is 1.80 bits per heavy atom. The molecule has 3 aromatic rings. The normalized spacial score (nSPS) is 10.9. The zero-order chi connectivity index (χ0) is 14.1. The van der Waals surface area contributed by atoms with Crippen LogP contribution in [0.4, 0.5) is 0 Å². The van der Waals surface area contributed by atoms with Crippen LogP contribution in [-0.4, -0.2) is 0 Å². The third-order valence-corrected chi connectivity index (χ3v) is 4.03. The molecule has 0 N–H and O–H groups in total. The zero-order valence-corrected chi connectivity index (χ0v) is 12.4. The molecule has 0 atom stereocenters. The molecule has 1 heterocycles. The molecule has 100 valence electrons. The number of pyridine rings is 1. The molecule has 0 radical (unpaired) electrons. The largest absolute Gasteiger partial charge is 0.213 e. The van der Waals surface area contributed by atoms with Gasteiger partial charge < -0.3 is 0 Å². The summed E-state index contributed by atoms with van der Waals surface area (Å²) in [5.74, 6) is 0. The van der Waals surface area contributed by atoms with Gasteiger partial charge in [0.2, 0.25) is 5.69 Å². The molecule has 3 rings (SSSR count). The Morgan fingerprint density at radius 3 is 2.55 bits per heavy atom. The van der Waals surface area contributed by atoms with Crippen LogP contribution in [0.3, 0.4) is 0 Å². The van der Waals surface area contributed by atoms with Crippen molar-refractivity contribution in [2.45, 2.75) is 20.3 Å². The molecule has 0 fully saturated rings. The number of hydrogen-bond donors (Lipinski definition) is 0. The number of aromatic nitrogens is 1. The lowest BCUT2D eigenvalue weighted by molar-refractivity contribution is -0.659. The summed E-state index contributed by atoms with van der Waals surface area (Å²) < 4.78 is 2.23. The van der Waals surface area contributed by atoms with Crippen molar-refractivity contribution in [3.05, 3.63) is 65.9 Å². The number of hydrogen-bond acceptors (Lipinski definition) is 0. The Balaban J connectivity index is 2.32. The number of rotatable bonds is 2. The van der Waals surface area contributed by atoms with Crippen molar-refractivity contribution in [3.8, 4) is 11.3 Å². The Labute approximate surface area is 120 Å². The highest BCUT2D eigenvalue weighted by Crippen LogP contribution is 2.25. The van der Waals surface area contributed by atoms with Gasteiger partial charge in [-0.25, -0.2) is 4.57 Å². The first kappa shape index (κ1) is 12.9. The van der Waals surface area contributed by atoms with Crippen molar-refractivity contribution in [2.24, 2.45) is 7.05 Å². The van der Waals surface area contributed by atoms with E-state index in [0.29, 0.717) is 0 Å². The summed E-state index contributed by atoms with van der Waals surface area (Å²) in [4.78, 5) is 0. The van der Waals surface area contributed by atoms with Gasteiger partial charge in [0.25, 0.3) is 0 Å². The van der Waals surface area contributed by atoms with Gasteiger partial charge in [0.1, 0.15) is 7.05 Å². The molecule has 0 saturated carbocycles. The molecule has 0 spiro atoms. The van der Waals surface area contributed by atoms with Crippen LogP contribution in [0, 0.1) is 6.92 Å². The van der Waals surface area contributed by atoms with Gasteiger partial charge >= 0.3 is 0 Å². The monoisotopic (exact) mass is 262 g/mol. The average Bonchev–Trinajstić information content (AvgIpc) is 2.46. The smallest absolute Gasteiger partial charge is 0.200 e. The Morgan fingerprint density at radius 1 is 1.00 bits per heavy atom. The quantitative estimate of drug-likeness (QED) is 0.609. The first-order chi connectivity index (χ1) is 9.70. The van der Waals surface area contributed by atoms with E-state index in [1.54, 1.807) is 0 Å². The number of aryl methyl sites for hydroxylation is 3. The van der Waals surface area contributed by atoms with Crippen molar-refractivity contribution < 1.29 is 4.57 Å². The third-order valence-electron chi connectivity index (χ3n) is 4.03. The summed E-state index contributed by atoms with van der Waals surface area (Å²) >= 11 is 0. The second-order valence-electron chi connectivity index (χ2n) is 5.36. The number of benzene rings is 2. The van der Waals surface area contributed by atoms with Crippen molar-refractivity contribution in [2.75, 3.05) is 0 Å². The van der Waals surface area contributed by atoms with Gasteiger partial charge in [-0.15, -0.1) is 0 Å². The van der Waals surface area contributed by atoms with Gasteiger partial charge in [0, 0.05) is 17.0 Å². The lowest BCUT2D eigenvalue weighted by atomic mass is 9.99. The van der Waals surface area contributed by atoms with Gasteiger partial charge in [0.05, 0.1) is 0 Å². The van der Waals surface area contributed by atoms with E-state index >= 15 is 0 Å². The van der Waals surface area contributed by atoms with Crippen LogP contribution in [0.25, 0.3) is 22.0 Å². The van der Waals surface area contributed by atoms with Gasteiger partial charge in [-0.1, -0.05) is 37.3 Å². The van der Waals surface area contributed by atoms with Crippen LogP contribution in [0.5, 0.6) is 0 Å². The second-order valence-corrected chi connectivity index (χ2v) is 5.36. The molecule has 2 aromatic carbocycles. The van der Waals surface area contributed by atoms with Crippen LogP contribution < -0.4 is 4.57 Å². The van der Waals surface area contributed by atoms with E-state index in [1.165, 1.54) is 33.2 Å². The highest BCUT2D eigenvalue weighted by Gasteiger charge is 2.14. The van der Waals surface area contributed by atoms with Crippen LogP contribution in [0.15, 0.2) is 54.7 Å². The SMILES string of the molecule is CCc1cccc2c[n+](C)c(-c3ccccc3C)cc12. The Hall–Kier alpha value is -2.15. The maximum Gasteiger partial charge on any atom is 0.213 e. The second kappa shape index (κ2) is 5.09. The number of fused-ring (bicyclic) bond motifs is 1. The van der Waals surface area contributed by atoms with Gasteiger partial charge in [-0.05, 0) is 42.0 Å². The van der Waals surface area contributed by atoms with Gasteiger partial charge in [0.15, 0.2) is 6.20 Å². The topological polar surface area (TPSA) is 3.88 Å². The molecule has 0 aliphatic rings. The summed E-state index contributed by atoms with van der Waals surface area (Å²) in [7, 11) is 2.12. The lowest BCUT2D eigenvalue weighted by Crippen LogP contribution is -2.30. The maximum atomic E-state index is 2.33. The lowest BCUT2D eigenvalue weighted by Gasteiger charge is -2.08. The predicted octanol–water partition coefficient (Wildman–Crippen LogP) is 4.20. The van der Waals surface area contributed by atoms with Crippen molar-refractivity contribution >= 4 is 10.8 Å². The molecule has 20 heavy (non-hydrogen) atoms. The first-order valence-corrected chi connectivity index (χ1v) is 7.18. The minimum Gasteiger partial charge on any atom is -0.200 e. The molecule has 0 bridgehead atoms. The first-order valence-electron chi connectivity index (χ1n) is 7.18. The highest BCUT2D eigenvalue weighted by atomic mass is 14.9. The van der Waals surface area contributed by atoms with Crippen LogP contribution in [0.1, 0.15) is 18.1 Å². The molecular formula is C19H20N+. The minimum absolute atomic E-state index is 1.07. The van der Waals surface area contributed by atoms with Gasteiger partial charge in [-0.2, -0.15) is 0 Å². The zero-order valence-electron chi connectivity index (χ0n) is 12.4. The molecule has 0 saturated heterocycles. The standard InChI is InChI=1S/C19H20N/c1-4-15-9-7-10-16-13-20(3)19(12-18(15)16)17-11-6-5-8-14(17)2/h5-13H,4H2,1-3H3/q+1. The van der Waals surface area contributed by atoms with Gasteiger partial charge in [-0.3, -0.25) is 0 Å². The maximum absolute atomic E-state index is 2.33. The highest BCUT2D eigenvalue weighted by molar-refractivity contribution is 5.87. The minimum atomic E-state index is 1.07. The fraction of sp³-hybridized carbons (Fsp3) is 0.211. The molecule has 1 heteroatoms. The van der Waals surface area contributed by atoms with Crippen molar-refractivity contribution in [1.82, 2.24) is 0 Å². The molecule has 0 aliphatic carbocycles. The third kappa shape index (κ3) is 2.09. The average molecular weight is 262 g/mol. The van der Waals surface area contributed by atoms with E-state index in [9.17, 15) is 0 Å². The van der Waals surface area contributed by atoms with Crippen LogP contribution >= 0.6 is 0 Å². The predicted molar refractivity (Wildman–Crippen MR) is 84.7 cm³/mol. The molecule has 1 nitrogen and oxygen atoms in total. The van der Waals surface area contributed by atoms with E-state index < -0.39 is 0 Å². The van der Waals surface area contributed by atoms with E-state index in [1.807, 2.05) is 0 Å². The summed E-state index contributed by atoms with van der Waals surface area (Å²) in [5, 5.41) is 2.68. The summed E-state index contributed by atoms with van der Waals surface area (Å²) in [6.45, 7) is 4.39. The molecule has 1 aromatic heterocycles.